The van der Waals surface area contributed by atoms with Gasteiger partial charge >= 0.3 is 18.3 Å². The first-order valence-corrected chi connectivity index (χ1v) is 5.99. The van der Waals surface area contributed by atoms with E-state index in [1.165, 1.54) is 18.2 Å². The topological polar surface area (TPSA) is 66.4 Å². The van der Waals surface area contributed by atoms with E-state index in [4.69, 9.17) is 5.11 Å². The molecule has 0 saturated heterocycles. The highest BCUT2D eigenvalue weighted by atomic mass is 32.1. The van der Waals surface area contributed by atoms with Crippen molar-refractivity contribution in [1.82, 2.24) is 5.32 Å². The van der Waals surface area contributed by atoms with Gasteiger partial charge in [0.05, 0.1) is 11.4 Å². The van der Waals surface area contributed by atoms with E-state index < -0.39 is 30.8 Å². The van der Waals surface area contributed by atoms with Crippen LogP contribution >= 0.6 is 11.3 Å². The third kappa shape index (κ3) is 4.65. The zero-order chi connectivity index (χ0) is 15.3. The molecule has 0 unspecified atom stereocenters. The SMILES string of the molecule is O=C(O)/C=C/c1ccc(C(=O)NCC(F)(F)C(F)F)s1. The van der Waals surface area contributed by atoms with Crippen LogP contribution in [0.25, 0.3) is 6.08 Å². The summed E-state index contributed by atoms with van der Waals surface area (Å²) in [7, 11) is 0. The van der Waals surface area contributed by atoms with Crippen molar-refractivity contribution >= 4 is 29.3 Å². The molecule has 0 spiro atoms. The Hall–Kier alpha value is -1.90. The van der Waals surface area contributed by atoms with Gasteiger partial charge in [0.2, 0.25) is 0 Å². The van der Waals surface area contributed by atoms with E-state index in [0.717, 1.165) is 17.4 Å². The van der Waals surface area contributed by atoms with Crippen LogP contribution in [0, 0.1) is 0 Å². The average Bonchev–Trinajstić information content (AvgIpc) is 2.82. The molecule has 9 heteroatoms. The van der Waals surface area contributed by atoms with Crippen LogP contribution in [-0.2, 0) is 4.79 Å². The zero-order valence-electron chi connectivity index (χ0n) is 9.78. The van der Waals surface area contributed by atoms with Crippen LogP contribution in [0.4, 0.5) is 17.6 Å². The fraction of sp³-hybridized carbons (Fsp3) is 0.273. The Labute approximate surface area is 114 Å². The smallest absolute Gasteiger partial charge is 0.328 e. The molecule has 110 valence electrons. The van der Waals surface area contributed by atoms with Gasteiger partial charge in [0.25, 0.3) is 5.91 Å². The molecule has 0 aliphatic rings. The monoisotopic (exact) mass is 311 g/mol. The van der Waals surface area contributed by atoms with Crippen molar-refractivity contribution in [1.29, 1.82) is 0 Å². The molecule has 0 aliphatic heterocycles. The zero-order valence-corrected chi connectivity index (χ0v) is 10.6. The van der Waals surface area contributed by atoms with E-state index in [0.29, 0.717) is 4.88 Å². The third-order valence-corrected chi connectivity index (χ3v) is 3.09. The van der Waals surface area contributed by atoms with E-state index in [1.54, 1.807) is 5.32 Å². The normalized spacial score (nSPS) is 12.1. The molecular weight excluding hydrogens is 302 g/mol. The van der Waals surface area contributed by atoms with Crippen molar-refractivity contribution in [3.8, 4) is 0 Å². The lowest BCUT2D eigenvalue weighted by Crippen LogP contribution is -2.41. The Morgan fingerprint density at radius 3 is 2.60 bits per heavy atom. The highest BCUT2D eigenvalue weighted by Gasteiger charge is 2.40. The Kier molecular flexibility index (Phi) is 5.26. The number of carboxylic acid groups (broad SMARTS) is 1. The molecule has 0 atom stereocenters. The summed E-state index contributed by atoms with van der Waals surface area (Å²) in [6.45, 7) is -1.47. The third-order valence-electron chi connectivity index (χ3n) is 2.04. The Bertz CT molecular complexity index is 527. The summed E-state index contributed by atoms with van der Waals surface area (Å²) in [5, 5.41) is 10.1. The predicted octanol–water partition coefficient (Wildman–Crippen LogP) is 2.48. The van der Waals surface area contributed by atoms with Gasteiger partial charge in [-0.2, -0.15) is 8.78 Å². The summed E-state index contributed by atoms with van der Waals surface area (Å²) in [5.41, 5.74) is 0. The predicted molar refractivity (Wildman–Crippen MR) is 64.3 cm³/mol. The molecule has 1 amide bonds. The molecule has 0 radical (unpaired) electrons. The minimum Gasteiger partial charge on any atom is -0.478 e. The first-order chi connectivity index (χ1) is 9.22. The fourth-order valence-electron chi connectivity index (χ4n) is 1.08. The van der Waals surface area contributed by atoms with Crippen LogP contribution in [0.2, 0.25) is 0 Å². The molecule has 4 nitrogen and oxygen atoms in total. The molecule has 0 aliphatic carbocycles. The lowest BCUT2D eigenvalue weighted by molar-refractivity contribution is -0.131. The van der Waals surface area contributed by atoms with Crippen LogP contribution in [-0.4, -0.2) is 35.9 Å². The van der Waals surface area contributed by atoms with Gasteiger partial charge in [0, 0.05) is 11.0 Å². The Morgan fingerprint density at radius 1 is 1.40 bits per heavy atom. The Morgan fingerprint density at radius 2 is 2.05 bits per heavy atom. The molecule has 20 heavy (non-hydrogen) atoms. The van der Waals surface area contributed by atoms with Crippen molar-refractivity contribution < 1.29 is 32.3 Å². The second kappa shape index (κ2) is 6.51. The Balaban J connectivity index is 2.63. The number of hydrogen-bond donors (Lipinski definition) is 2. The van der Waals surface area contributed by atoms with Gasteiger partial charge in [0.1, 0.15) is 0 Å². The quantitative estimate of drug-likeness (QED) is 0.626. The maximum absolute atomic E-state index is 12.6. The lowest BCUT2D eigenvalue weighted by atomic mass is 10.3. The maximum Gasteiger partial charge on any atom is 0.328 e. The van der Waals surface area contributed by atoms with Gasteiger partial charge in [-0.05, 0) is 18.2 Å². The number of alkyl halides is 4. The molecule has 1 aromatic heterocycles. The van der Waals surface area contributed by atoms with E-state index in [1.807, 2.05) is 0 Å². The van der Waals surface area contributed by atoms with Crippen LogP contribution in [0.3, 0.4) is 0 Å². The van der Waals surface area contributed by atoms with Gasteiger partial charge in [-0.25, -0.2) is 13.6 Å². The molecule has 1 aromatic rings. The molecule has 1 rings (SSSR count). The highest BCUT2D eigenvalue weighted by Crippen LogP contribution is 2.22. The number of carboxylic acids is 1. The minimum absolute atomic E-state index is 0.0140. The standard InChI is InChI=1S/C11H9F4NO3S/c12-10(13)11(14,15)5-16-9(19)7-3-1-6(20-7)2-4-8(17)18/h1-4,10H,5H2,(H,16,19)(H,17,18)/b4-2+. The number of carbonyl (C=O) groups excluding carboxylic acids is 1. The largest absolute Gasteiger partial charge is 0.478 e. The van der Waals surface area contributed by atoms with Crippen molar-refractivity contribution in [2.75, 3.05) is 6.54 Å². The van der Waals surface area contributed by atoms with Crippen molar-refractivity contribution in [3.63, 3.8) is 0 Å². The summed E-state index contributed by atoms with van der Waals surface area (Å²) >= 11 is 0.847. The van der Waals surface area contributed by atoms with Crippen LogP contribution in [0.1, 0.15) is 14.5 Å². The summed E-state index contributed by atoms with van der Waals surface area (Å²) in [6, 6.07) is 2.69. The van der Waals surface area contributed by atoms with Crippen molar-refractivity contribution in [2.24, 2.45) is 0 Å². The van der Waals surface area contributed by atoms with E-state index in [-0.39, 0.29) is 4.88 Å². The van der Waals surface area contributed by atoms with Gasteiger partial charge < -0.3 is 10.4 Å². The van der Waals surface area contributed by atoms with Gasteiger partial charge in [0.15, 0.2) is 0 Å². The second-order valence-corrected chi connectivity index (χ2v) is 4.73. The molecule has 2 N–H and O–H groups in total. The van der Waals surface area contributed by atoms with Gasteiger partial charge in [-0.1, -0.05) is 0 Å². The number of thiophene rings is 1. The number of carbonyl (C=O) groups is 2. The molecule has 0 saturated carbocycles. The first kappa shape index (κ1) is 16.2. The highest BCUT2D eigenvalue weighted by molar-refractivity contribution is 7.14. The number of rotatable bonds is 6. The van der Waals surface area contributed by atoms with Gasteiger partial charge in [-0.15, -0.1) is 11.3 Å². The van der Waals surface area contributed by atoms with E-state index in [2.05, 4.69) is 0 Å². The first-order valence-electron chi connectivity index (χ1n) is 5.17. The summed E-state index contributed by atoms with van der Waals surface area (Å²) in [4.78, 5) is 22.1. The fourth-order valence-corrected chi connectivity index (χ4v) is 1.91. The number of aliphatic carboxylic acids is 1. The number of amides is 1. The molecule has 0 fully saturated rings. The van der Waals surface area contributed by atoms with Crippen LogP contribution in [0.15, 0.2) is 18.2 Å². The van der Waals surface area contributed by atoms with Crippen LogP contribution in [0.5, 0.6) is 0 Å². The summed E-state index contributed by atoms with van der Waals surface area (Å²) in [6.07, 6.45) is -1.80. The molecule has 0 bridgehead atoms. The summed E-state index contributed by atoms with van der Waals surface area (Å²) in [5.74, 6) is -6.40. The van der Waals surface area contributed by atoms with E-state index >= 15 is 0 Å². The maximum atomic E-state index is 12.6. The number of hydrogen-bond acceptors (Lipinski definition) is 3. The van der Waals surface area contributed by atoms with Crippen LogP contribution < -0.4 is 5.32 Å². The second-order valence-electron chi connectivity index (χ2n) is 3.62. The molecule has 1 heterocycles. The van der Waals surface area contributed by atoms with Crippen molar-refractivity contribution in [3.05, 3.63) is 28.0 Å². The number of nitrogens with one attached hydrogen (secondary N) is 1. The summed E-state index contributed by atoms with van der Waals surface area (Å²) < 4.78 is 49.0. The van der Waals surface area contributed by atoms with E-state index in [9.17, 15) is 27.2 Å². The van der Waals surface area contributed by atoms with Gasteiger partial charge in [-0.3, -0.25) is 4.79 Å². The average molecular weight is 311 g/mol. The minimum atomic E-state index is -4.29. The lowest BCUT2D eigenvalue weighted by Gasteiger charge is -2.15. The molecular formula is C11H9F4NO3S. The molecule has 0 aromatic carbocycles. The van der Waals surface area contributed by atoms with Crippen molar-refractivity contribution in [2.45, 2.75) is 12.3 Å². The number of halogens is 4.